The van der Waals surface area contributed by atoms with Crippen molar-refractivity contribution in [3.63, 3.8) is 0 Å². The van der Waals surface area contributed by atoms with Crippen molar-refractivity contribution in [3.8, 4) is 0 Å². The molecule has 1 aliphatic rings. The molecule has 1 aliphatic heterocycles. The molecule has 0 bridgehead atoms. The number of thiazole rings is 1. The van der Waals surface area contributed by atoms with Crippen LogP contribution in [0.4, 0.5) is 5.13 Å². The van der Waals surface area contributed by atoms with Crippen molar-refractivity contribution in [1.82, 2.24) is 9.88 Å². The molecule has 0 unspecified atom stereocenters. The van der Waals surface area contributed by atoms with Gasteiger partial charge in [-0.15, -0.1) is 12.4 Å². The van der Waals surface area contributed by atoms with E-state index in [-0.39, 0.29) is 29.5 Å². The number of ether oxygens (including phenoxy) is 1. The number of aromatic nitrogens is 1. The third kappa shape index (κ3) is 5.15. The van der Waals surface area contributed by atoms with Gasteiger partial charge in [0.15, 0.2) is 16.3 Å². The van der Waals surface area contributed by atoms with Crippen molar-refractivity contribution in [3.05, 3.63) is 70.1 Å². The fourth-order valence-electron chi connectivity index (χ4n) is 4.04. The van der Waals surface area contributed by atoms with E-state index in [4.69, 9.17) is 14.1 Å². The number of para-hydroxylation sites is 1. The van der Waals surface area contributed by atoms with Crippen LogP contribution in [0.15, 0.2) is 57.7 Å². The van der Waals surface area contributed by atoms with Crippen LogP contribution in [0.25, 0.3) is 21.2 Å². The molecule has 178 valence electrons. The summed E-state index contributed by atoms with van der Waals surface area (Å²) in [7, 11) is 0. The fraction of sp³-hybridized carbons (Fsp3) is 0.320. The number of hydrogen-bond acceptors (Lipinski definition) is 7. The van der Waals surface area contributed by atoms with Crippen molar-refractivity contribution in [2.45, 2.75) is 13.3 Å². The lowest BCUT2D eigenvalue weighted by molar-refractivity contribution is 0.0376. The molecule has 4 aromatic rings. The third-order valence-electron chi connectivity index (χ3n) is 5.81. The maximum Gasteiger partial charge on any atom is 0.295 e. The van der Waals surface area contributed by atoms with Gasteiger partial charge in [-0.25, -0.2) is 4.98 Å². The molecule has 0 aliphatic carbocycles. The predicted octanol–water partition coefficient (Wildman–Crippen LogP) is 4.50. The second kappa shape index (κ2) is 10.7. The smallest absolute Gasteiger partial charge is 0.295 e. The molecule has 1 fully saturated rings. The molecule has 0 spiro atoms. The van der Waals surface area contributed by atoms with Crippen LogP contribution >= 0.6 is 23.7 Å². The average molecular weight is 500 g/mol. The number of carbonyl (C=O) groups excluding carboxylic acids is 1. The molecular formula is C25H26ClN3O4S. The summed E-state index contributed by atoms with van der Waals surface area (Å²) in [4.78, 5) is 34.9. The van der Waals surface area contributed by atoms with Gasteiger partial charge in [-0.1, -0.05) is 29.5 Å². The monoisotopic (exact) mass is 499 g/mol. The van der Waals surface area contributed by atoms with E-state index < -0.39 is 0 Å². The molecule has 0 N–H and O–H groups in total. The Kier molecular flexibility index (Phi) is 7.63. The Hall–Kier alpha value is -2.78. The van der Waals surface area contributed by atoms with Crippen molar-refractivity contribution in [1.29, 1.82) is 0 Å². The Balaban J connectivity index is 0.00000274. The molecule has 0 radical (unpaired) electrons. The Morgan fingerprint density at radius 2 is 1.94 bits per heavy atom. The molecule has 2 aromatic carbocycles. The number of carbonyl (C=O) groups is 1. The molecule has 9 heteroatoms. The number of aryl methyl sites for hydroxylation is 1. The number of nitrogens with zero attached hydrogens (tertiary/aromatic N) is 3. The number of morpholine rings is 1. The van der Waals surface area contributed by atoms with E-state index in [1.165, 1.54) is 17.4 Å². The Bertz CT molecular complexity index is 1360. The van der Waals surface area contributed by atoms with Gasteiger partial charge in [0.25, 0.3) is 5.91 Å². The topological polar surface area (TPSA) is 75.9 Å². The number of rotatable bonds is 6. The maximum atomic E-state index is 13.6. The quantitative estimate of drug-likeness (QED) is 0.389. The predicted molar refractivity (Wildman–Crippen MR) is 138 cm³/mol. The minimum absolute atomic E-state index is 0. The summed E-state index contributed by atoms with van der Waals surface area (Å²) in [5.41, 5.74) is 2.17. The van der Waals surface area contributed by atoms with Crippen LogP contribution in [0.5, 0.6) is 0 Å². The summed E-state index contributed by atoms with van der Waals surface area (Å²) in [5.74, 6) is -0.323. The maximum absolute atomic E-state index is 13.6. The molecule has 1 amide bonds. The molecule has 34 heavy (non-hydrogen) atoms. The van der Waals surface area contributed by atoms with Crippen molar-refractivity contribution in [2.75, 3.05) is 44.3 Å². The normalized spacial score (nSPS) is 14.3. The highest BCUT2D eigenvalue weighted by molar-refractivity contribution is 7.22. The van der Waals surface area contributed by atoms with Crippen LogP contribution in [-0.4, -0.2) is 55.2 Å². The number of amides is 1. The highest BCUT2D eigenvalue weighted by Crippen LogP contribution is 2.31. The molecule has 1 saturated heterocycles. The Labute approximate surface area is 207 Å². The van der Waals surface area contributed by atoms with Gasteiger partial charge in [-0.2, -0.15) is 0 Å². The Morgan fingerprint density at radius 3 is 2.76 bits per heavy atom. The fourth-order valence-corrected chi connectivity index (χ4v) is 5.13. The first-order chi connectivity index (χ1) is 16.1. The number of halogens is 1. The number of fused-ring (bicyclic) bond motifs is 2. The number of hydrogen-bond donors (Lipinski definition) is 0. The average Bonchev–Trinajstić information content (AvgIpc) is 3.25. The molecule has 5 rings (SSSR count). The Morgan fingerprint density at radius 1 is 1.15 bits per heavy atom. The van der Waals surface area contributed by atoms with Crippen molar-refractivity contribution >= 4 is 56.0 Å². The number of benzene rings is 2. The van der Waals surface area contributed by atoms with E-state index in [2.05, 4.69) is 11.0 Å². The highest BCUT2D eigenvalue weighted by atomic mass is 35.5. The van der Waals surface area contributed by atoms with Crippen LogP contribution in [0.2, 0.25) is 0 Å². The SMILES string of the molecule is Cc1ccc2nc(N(CCCN3CCOCC3)C(=O)c3cc(=O)c4ccccc4o3)sc2c1.Cl. The molecule has 0 atom stereocenters. The molecular weight excluding hydrogens is 474 g/mol. The van der Waals surface area contributed by atoms with Gasteiger partial charge in [-0.05, 0) is 43.2 Å². The first-order valence-electron chi connectivity index (χ1n) is 11.1. The zero-order chi connectivity index (χ0) is 22.8. The van der Waals surface area contributed by atoms with E-state index in [0.717, 1.165) is 55.0 Å². The zero-order valence-corrected chi connectivity index (χ0v) is 20.5. The number of anilines is 1. The first kappa shape index (κ1) is 24.3. The summed E-state index contributed by atoms with van der Waals surface area (Å²) in [6, 6.07) is 14.3. The summed E-state index contributed by atoms with van der Waals surface area (Å²) in [6.45, 7) is 6.64. The summed E-state index contributed by atoms with van der Waals surface area (Å²) >= 11 is 1.48. The molecule has 3 heterocycles. The third-order valence-corrected chi connectivity index (χ3v) is 6.86. The molecule has 0 saturated carbocycles. The standard InChI is InChI=1S/C25H25N3O4S.ClH/c1-17-7-8-19-23(15-17)33-25(26-19)28(10-4-9-27-11-13-31-14-12-27)24(30)22-16-20(29)18-5-2-3-6-21(18)32-22;/h2-3,5-8,15-16H,4,9-14H2,1H3;1H. The van der Waals surface area contributed by atoms with Gasteiger partial charge in [0.2, 0.25) is 0 Å². The van der Waals surface area contributed by atoms with E-state index in [1.54, 1.807) is 29.2 Å². The summed E-state index contributed by atoms with van der Waals surface area (Å²) in [5, 5.41) is 1.07. The van der Waals surface area contributed by atoms with Gasteiger partial charge < -0.3 is 9.15 Å². The van der Waals surface area contributed by atoms with Gasteiger partial charge in [-0.3, -0.25) is 19.4 Å². The zero-order valence-electron chi connectivity index (χ0n) is 18.9. The van der Waals surface area contributed by atoms with E-state index >= 15 is 0 Å². The van der Waals surface area contributed by atoms with Gasteiger partial charge in [0, 0.05) is 32.2 Å². The van der Waals surface area contributed by atoms with Crippen LogP contribution in [0, 0.1) is 6.92 Å². The van der Waals surface area contributed by atoms with E-state index in [9.17, 15) is 9.59 Å². The van der Waals surface area contributed by atoms with Crippen LogP contribution in [0.3, 0.4) is 0 Å². The molecule has 2 aromatic heterocycles. The minimum atomic E-state index is -0.351. The van der Waals surface area contributed by atoms with Gasteiger partial charge in [0.05, 0.1) is 28.8 Å². The van der Waals surface area contributed by atoms with Gasteiger partial charge >= 0.3 is 0 Å². The van der Waals surface area contributed by atoms with E-state index in [0.29, 0.717) is 22.6 Å². The summed E-state index contributed by atoms with van der Waals surface area (Å²) in [6.07, 6.45) is 0.776. The van der Waals surface area contributed by atoms with Crippen LogP contribution in [0.1, 0.15) is 22.5 Å². The van der Waals surface area contributed by atoms with Crippen LogP contribution in [-0.2, 0) is 4.74 Å². The molecule has 7 nitrogen and oxygen atoms in total. The second-order valence-corrected chi connectivity index (χ2v) is 9.21. The van der Waals surface area contributed by atoms with Crippen LogP contribution < -0.4 is 10.3 Å². The lowest BCUT2D eigenvalue weighted by Gasteiger charge is -2.27. The van der Waals surface area contributed by atoms with Gasteiger partial charge in [0.1, 0.15) is 5.58 Å². The minimum Gasteiger partial charge on any atom is -0.451 e. The second-order valence-electron chi connectivity index (χ2n) is 8.20. The van der Waals surface area contributed by atoms with Crippen molar-refractivity contribution < 1.29 is 13.9 Å². The lowest BCUT2D eigenvalue weighted by atomic mass is 10.2. The first-order valence-corrected chi connectivity index (χ1v) is 11.9. The largest absolute Gasteiger partial charge is 0.451 e. The van der Waals surface area contributed by atoms with E-state index in [1.807, 2.05) is 19.1 Å². The van der Waals surface area contributed by atoms with Crippen molar-refractivity contribution in [2.24, 2.45) is 0 Å². The lowest BCUT2D eigenvalue weighted by Crippen LogP contribution is -2.39. The summed E-state index contributed by atoms with van der Waals surface area (Å²) < 4.78 is 12.3. The highest BCUT2D eigenvalue weighted by Gasteiger charge is 2.24.